The molecule has 0 radical (unpaired) electrons. The minimum Gasteiger partial charge on any atom is -0.327 e. The first kappa shape index (κ1) is 19.9. The number of nitriles is 1. The molecule has 3 unspecified atom stereocenters. The van der Waals surface area contributed by atoms with Crippen LogP contribution in [0.4, 0.5) is 5.69 Å². The first-order chi connectivity index (χ1) is 11.4. The number of nitrogens with one attached hydrogen (secondary N) is 1. The number of halogens is 1. The second-order valence-corrected chi connectivity index (χ2v) is 7.11. The van der Waals surface area contributed by atoms with Crippen LogP contribution in [-0.4, -0.2) is 51.3 Å². The van der Waals surface area contributed by atoms with Gasteiger partial charge in [-0.15, -0.1) is 0 Å². The van der Waals surface area contributed by atoms with E-state index in [2.05, 4.69) is 14.3 Å². The highest BCUT2D eigenvalue weighted by Crippen LogP contribution is 2.12. The highest BCUT2D eigenvalue weighted by atomic mass is 35.5. The van der Waals surface area contributed by atoms with Gasteiger partial charge in [0.25, 0.3) is 0 Å². The lowest BCUT2D eigenvalue weighted by Gasteiger charge is -2.29. The van der Waals surface area contributed by atoms with Gasteiger partial charge in [-0.3, -0.25) is 20.2 Å². The second kappa shape index (κ2) is 9.90. The van der Waals surface area contributed by atoms with Crippen molar-refractivity contribution < 1.29 is 4.79 Å². The maximum absolute atomic E-state index is 12.7. The minimum atomic E-state index is -0.772. The number of carbonyl (C=O) groups is 1. The van der Waals surface area contributed by atoms with Crippen molar-refractivity contribution in [2.75, 3.05) is 12.8 Å². The molecule has 9 heteroatoms. The molecule has 1 amide bonds. The Hall–Kier alpha value is -2.11. The molecule has 0 fully saturated rings. The topological polar surface area (TPSA) is 106 Å². The van der Waals surface area contributed by atoms with Gasteiger partial charge in [-0.25, -0.2) is 0 Å². The summed E-state index contributed by atoms with van der Waals surface area (Å²) in [5.41, 5.74) is 0.603. The van der Waals surface area contributed by atoms with Crippen molar-refractivity contribution in [2.45, 2.75) is 25.1 Å². The molecule has 0 aliphatic heterocycles. The van der Waals surface area contributed by atoms with Gasteiger partial charge in [0.05, 0.1) is 17.1 Å². The van der Waals surface area contributed by atoms with E-state index in [1.165, 1.54) is 11.1 Å². The zero-order valence-corrected chi connectivity index (χ0v) is 15.3. The summed E-state index contributed by atoms with van der Waals surface area (Å²) in [4.78, 5) is 22.3. The summed E-state index contributed by atoms with van der Waals surface area (Å²) in [7, 11) is -0.732. The summed E-state index contributed by atoms with van der Waals surface area (Å²) in [6, 6.07) is 2.73. The molecular formula is C15H19ClN6OS. The van der Waals surface area contributed by atoms with Crippen molar-refractivity contribution in [1.29, 1.82) is 10.7 Å². The van der Waals surface area contributed by atoms with Gasteiger partial charge in [0.15, 0.2) is 0 Å². The van der Waals surface area contributed by atoms with E-state index < -0.39 is 22.0 Å². The molecular weight excluding hydrogens is 348 g/mol. The number of hydrogen-bond donors (Lipinski definition) is 1. The monoisotopic (exact) mass is 366 g/mol. The molecule has 0 saturated heterocycles. The van der Waals surface area contributed by atoms with Crippen LogP contribution in [0.15, 0.2) is 33.9 Å². The molecule has 7 nitrogen and oxygen atoms in total. The van der Waals surface area contributed by atoms with Gasteiger partial charge in [-0.05, 0) is 32.2 Å². The molecule has 0 aromatic carbocycles. The molecule has 1 N–H and O–H groups in total. The molecule has 24 heavy (non-hydrogen) atoms. The number of aliphatic imine (C=N–C) groups is 1. The third-order valence-corrected chi connectivity index (χ3v) is 5.09. The number of carbonyl (C=O) groups excluding carboxylic acids is 1. The smallest absolute Gasteiger partial charge is 0.237 e. The van der Waals surface area contributed by atoms with E-state index in [4.69, 9.17) is 22.3 Å². The van der Waals surface area contributed by atoms with Crippen LogP contribution in [0.2, 0.25) is 0 Å². The van der Waals surface area contributed by atoms with E-state index in [0.717, 1.165) is 0 Å². The SMILES string of the molecule is CCN(C(=O)C(C)S(C)=NC#N)C(C=Nc1cccnc1)C(=N)Cl. The number of nitrogens with zero attached hydrogens (tertiary/aromatic N) is 5. The quantitative estimate of drug-likeness (QED) is 0.591. The van der Waals surface area contributed by atoms with Crippen molar-refractivity contribution in [2.24, 2.45) is 9.36 Å². The minimum absolute atomic E-state index is 0.210. The zero-order chi connectivity index (χ0) is 18.1. The molecule has 0 aliphatic carbocycles. The fraction of sp³-hybridized carbons (Fsp3) is 0.400. The molecule has 1 rings (SSSR count). The maximum atomic E-state index is 12.7. The van der Waals surface area contributed by atoms with Gasteiger partial charge in [-0.1, -0.05) is 22.3 Å². The fourth-order valence-electron chi connectivity index (χ4n) is 1.88. The lowest BCUT2D eigenvalue weighted by molar-refractivity contribution is -0.130. The Labute approximate surface area is 149 Å². The summed E-state index contributed by atoms with van der Waals surface area (Å²) in [6.45, 7) is 3.86. The van der Waals surface area contributed by atoms with E-state index in [0.29, 0.717) is 12.2 Å². The summed E-state index contributed by atoms with van der Waals surface area (Å²) >= 11 is 5.88. The maximum Gasteiger partial charge on any atom is 0.237 e. The zero-order valence-electron chi connectivity index (χ0n) is 13.7. The standard InChI is InChI=1S/C15H19ClN6OS/c1-4-22(15(23)11(2)24(3)21-10-17)13(14(16)18)9-20-12-6-5-7-19-8-12/h5-9,11,13,18H,4H2,1-3H3. The van der Waals surface area contributed by atoms with E-state index in [-0.39, 0.29) is 11.1 Å². The molecule has 1 heterocycles. The number of hydrogen-bond acceptors (Lipinski definition) is 6. The van der Waals surface area contributed by atoms with Crippen LogP contribution in [0.3, 0.4) is 0 Å². The summed E-state index contributed by atoms with van der Waals surface area (Å²) < 4.78 is 3.72. The Morgan fingerprint density at radius 1 is 1.67 bits per heavy atom. The van der Waals surface area contributed by atoms with Crippen LogP contribution in [0, 0.1) is 16.9 Å². The predicted molar refractivity (Wildman–Crippen MR) is 97.9 cm³/mol. The lowest BCUT2D eigenvalue weighted by atomic mass is 10.2. The second-order valence-electron chi connectivity index (χ2n) is 4.76. The van der Waals surface area contributed by atoms with Crippen molar-refractivity contribution >= 4 is 45.3 Å². The molecule has 128 valence electrons. The van der Waals surface area contributed by atoms with Gasteiger partial charge < -0.3 is 4.90 Å². The Kier molecular flexibility index (Phi) is 8.22. The van der Waals surface area contributed by atoms with Crippen LogP contribution in [0.1, 0.15) is 13.8 Å². The van der Waals surface area contributed by atoms with Crippen molar-refractivity contribution in [3.63, 3.8) is 0 Å². The van der Waals surface area contributed by atoms with Crippen LogP contribution in [0.5, 0.6) is 0 Å². The Morgan fingerprint density at radius 2 is 2.38 bits per heavy atom. The molecule has 0 saturated carbocycles. The highest BCUT2D eigenvalue weighted by Gasteiger charge is 2.28. The van der Waals surface area contributed by atoms with Crippen LogP contribution >= 0.6 is 11.6 Å². The summed E-state index contributed by atoms with van der Waals surface area (Å²) in [5.74, 6) is -0.227. The van der Waals surface area contributed by atoms with Crippen LogP contribution in [0.25, 0.3) is 0 Å². The first-order valence-electron chi connectivity index (χ1n) is 7.15. The van der Waals surface area contributed by atoms with E-state index in [1.807, 2.05) is 0 Å². The Morgan fingerprint density at radius 3 is 2.88 bits per heavy atom. The Bertz CT molecular complexity index is 685. The molecule has 0 aliphatic rings. The average molecular weight is 367 g/mol. The molecule has 0 bridgehead atoms. The normalized spacial score (nSPS) is 14.8. The van der Waals surface area contributed by atoms with E-state index in [9.17, 15) is 4.79 Å². The van der Waals surface area contributed by atoms with Gasteiger partial charge in [-0.2, -0.15) is 9.62 Å². The van der Waals surface area contributed by atoms with Gasteiger partial charge in [0.2, 0.25) is 12.1 Å². The summed E-state index contributed by atoms with van der Waals surface area (Å²) in [6.07, 6.45) is 8.10. The molecule has 0 spiro atoms. The first-order valence-corrected chi connectivity index (χ1v) is 9.18. The van der Waals surface area contributed by atoms with E-state index >= 15 is 0 Å². The molecule has 3 atom stereocenters. The number of rotatable bonds is 7. The van der Waals surface area contributed by atoms with E-state index in [1.54, 1.807) is 50.8 Å². The van der Waals surface area contributed by atoms with Crippen molar-refractivity contribution in [1.82, 2.24) is 9.88 Å². The molecule has 1 aromatic rings. The van der Waals surface area contributed by atoms with Crippen molar-refractivity contribution in [3.8, 4) is 6.19 Å². The third kappa shape index (κ3) is 5.51. The Balaban J connectivity index is 3.05. The third-order valence-electron chi connectivity index (χ3n) is 3.27. The lowest BCUT2D eigenvalue weighted by Crippen LogP contribution is -2.48. The fourth-order valence-corrected chi connectivity index (χ4v) is 2.77. The van der Waals surface area contributed by atoms with Gasteiger partial charge in [0, 0.05) is 19.0 Å². The van der Waals surface area contributed by atoms with Crippen LogP contribution < -0.4 is 0 Å². The summed E-state index contributed by atoms with van der Waals surface area (Å²) in [5, 5.41) is 15.7. The molecule has 1 aromatic heterocycles. The number of pyridine rings is 1. The van der Waals surface area contributed by atoms with Crippen molar-refractivity contribution in [3.05, 3.63) is 24.5 Å². The average Bonchev–Trinajstić information content (AvgIpc) is 2.58. The van der Waals surface area contributed by atoms with Crippen LogP contribution in [-0.2, 0) is 15.5 Å². The number of aromatic nitrogens is 1. The predicted octanol–water partition coefficient (Wildman–Crippen LogP) is 2.52. The largest absolute Gasteiger partial charge is 0.327 e. The number of amides is 1. The van der Waals surface area contributed by atoms with Gasteiger partial charge >= 0.3 is 0 Å². The van der Waals surface area contributed by atoms with Gasteiger partial charge in [0.1, 0.15) is 11.2 Å². The highest BCUT2D eigenvalue weighted by molar-refractivity contribution is 7.88.